The second-order valence-corrected chi connectivity index (χ2v) is 5.96. The third-order valence-corrected chi connectivity index (χ3v) is 3.94. The zero-order chi connectivity index (χ0) is 13.7. The summed E-state index contributed by atoms with van der Waals surface area (Å²) in [6.07, 6.45) is 4.14. The van der Waals surface area contributed by atoms with Gasteiger partial charge < -0.3 is 5.32 Å². The first-order valence-corrected chi connectivity index (χ1v) is 7.91. The Labute approximate surface area is 119 Å². The molecule has 1 atom stereocenters. The molecule has 0 saturated carbocycles. The average Bonchev–Trinajstić information content (AvgIpc) is 3.00. The summed E-state index contributed by atoms with van der Waals surface area (Å²) in [7, 11) is 0. The van der Waals surface area contributed by atoms with Crippen molar-refractivity contribution in [1.29, 1.82) is 0 Å². The second kappa shape index (κ2) is 6.87. The first kappa shape index (κ1) is 14.3. The van der Waals surface area contributed by atoms with Crippen molar-refractivity contribution in [2.75, 3.05) is 6.54 Å². The van der Waals surface area contributed by atoms with Crippen LogP contribution in [0.25, 0.3) is 0 Å². The Kier molecular flexibility index (Phi) is 5.16. The van der Waals surface area contributed by atoms with E-state index >= 15 is 0 Å². The van der Waals surface area contributed by atoms with Gasteiger partial charge in [-0.05, 0) is 55.3 Å². The van der Waals surface area contributed by atoms with Crippen molar-refractivity contribution < 1.29 is 0 Å². The van der Waals surface area contributed by atoms with Gasteiger partial charge in [0.25, 0.3) is 0 Å². The maximum atomic E-state index is 4.64. The largest absolute Gasteiger partial charge is 0.314 e. The van der Waals surface area contributed by atoms with Crippen LogP contribution in [0.2, 0.25) is 0 Å². The fourth-order valence-corrected chi connectivity index (χ4v) is 2.91. The third kappa shape index (κ3) is 4.18. The van der Waals surface area contributed by atoms with E-state index in [1.165, 1.54) is 11.3 Å². The number of likely N-dealkylation sites (N-methyl/N-ethyl adjacent to an activating group) is 1. The molecule has 3 nitrogen and oxygen atoms in total. The molecule has 0 fully saturated rings. The summed E-state index contributed by atoms with van der Waals surface area (Å²) in [6.45, 7) is 7.47. The normalized spacial score (nSPS) is 13.1. The number of hydrogen-bond donors (Lipinski definition) is 1. The topological polar surface area (TPSA) is 29.9 Å². The van der Waals surface area contributed by atoms with Crippen molar-refractivity contribution in [2.45, 2.75) is 45.7 Å². The summed E-state index contributed by atoms with van der Waals surface area (Å²) < 4.78 is 2.03. The van der Waals surface area contributed by atoms with E-state index in [1.807, 2.05) is 4.68 Å². The standard InChI is InChI=1S/C15H23N3S/c1-4-16-15(9-13-6-8-19-11-13)10-14-5-7-18(17-14)12(2)3/h5-8,11-12,15-16H,4,9-10H2,1-3H3. The van der Waals surface area contributed by atoms with E-state index in [-0.39, 0.29) is 0 Å². The number of aromatic nitrogens is 2. The van der Waals surface area contributed by atoms with Crippen molar-refractivity contribution in [3.05, 3.63) is 40.3 Å². The smallest absolute Gasteiger partial charge is 0.0640 e. The predicted octanol–water partition coefficient (Wildman–Crippen LogP) is 3.29. The van der Waals surface area contributed by atoms with Gasteiger partial charge in [0.15, 0.2) is 0 Å². The van der Waals surface area contributed by atoms with Gasteiger partial charge in [0.1, 0.15) is 0 Å². The summed E-state index contributed by atoms with van der Waals surface area (Å²) in [6, 6.07) is 5.25. The van der Waals surface area contributed by atoms with Crippen LogP contribution in [0.15, 0.2) is 29.1 Å². The predicted molar refractivity (Wildman–Crippen MR) is 81.8 cm³/mol. The van der Waals surface area contributed by atoms with Crippen molar-refractivity contribution in [2.24, 2.45) is 0 Å². The molecular weight excluding hydrogens is 254 g/mol. The molecule has 0 saturated heterocycles. The molecule has 104 valence electrons. The molecule has 4 heteroatoms. The minimum Gasteiger partial charge on any atom is -0.314 e. The number of thiophene rings is 1. The molecule has 1 unspecified atom stereocenters. The van der Waals surface area contributed by atoms with Gasteiger partial charge in [-0.2, -0.15) is 16.4 Å². The second-order valence-electron chi connectivity index (χ2n) is 5.18. The minimum absolute atomic E-state index is 0.434. The molecule has 0 aromatic carbocycles. The fraction of sp³-hybridized carbons (Fsp3) is 0.533. The van der Waals surface area contributed by atoms with Gasteiger partial charge in [0.05, 0.1) is 5.69 Å². The number of hydrogen-bond acceptors (Lipinski definition) is 3. The molecule has 0 bridgehead atoms. The molecule has 0 aliphatic rings. The zero-order valence-electron chi connectivity index (χ0n) is 12.0. The van der Waals surface area contributed by atoms with Gasteiger partial charge in [-0.1, -0.05) is 6.92 Å². The Hall–Kier alpha value is -1.13. The van der Waals surface area contributed by atoms with Crippen molar-refractivity contribution in [3.63, 3.8) is 0 Å². The van der Waals surface area contributed by atoms with Crippen molar-refractivity contribution in [3.8, 4) is 0 Å². The lowest BCUT2D eigenvalue weighted by atomic mass is 10.0. The lowest BCUT2D eigenvalue weighted by Crippen LogP contribution is -2.33. The van der Waals surface area contributed by atoms with E-state index in [4.69, 9.17) is 0 Å². The molecule has 0 radical (unpaired) electrons. The fourth-order valence-electron chi connectivity index (χ4n) is 2.22. The molecule has 0 spiro atoms. The van der Waals surface area contributed by atoms with E-state index < -0.39 is 0 Å². The Morgan fingerprint density at radius 1 is 1.32 bits per heavy atom. The minimum atomic E-state index is 0.434. The summed E-state index contributed by atoms with van der Waals surface area (Å²) in [4.78, 5) is 0. The third-order valence-electron chi connectivity index (χ3n) is 3.20. The molecule has 0 aliphatic carbocycles. The van der Waals surface area contributed by atoms with Crippen LogP contribution in [-0.4, -0.2) is 22.4 Å². The maximum Gasteiger partial charge on any atom is 0.0640 e. The first-order valence-electron chi connectivity index (χ1n) is 6.97. The molecule has 1 N–H and O–H groups in total. The zero-order valence-corrected chi connectivity index (χ0v) is 12.8. The van der Waals surface area contributed by atoms with E-state index in [2.05, 4.69) is 60.3 Å². The summed E-state index contributed by atoms with van der Waals surface area (Å²) in [5.74, 6) is 0. The highest BCUT2D eigenvalue weighted by Gasteiger charge is 2.12. The lowest BCUT2D eigenvalue weighted by molar-refractivity contribution is 0.495. The molecule has 2 heterocycles. The van der Waals surface area contributed by atoms with Gasteiger partial charge >= 0.3 is 0 Å². The summed E-state index contributed by atoms with van der Waals surface area (Å²) in [5.41, 5.74) is 2.59. The van der Waals surface area contributed by atoms with Gasteiger partial charge in [0, 0.05) is 24.7 Å². The van der Waals surface area contributed by atoms with Gasteiger partial charge in [0.2, 0.25) is 0 Å². The molecule has 0 amide bonds. The molecule has 2 aromatic rings. The van der Waals surface area contributed by atoms with Crippen LogP contribution in [0, 0.1) is 0 Å². The van der Waals surface area contributed by atoms with Crippen molar-refractivity contribution in [1.82, 2.24) is 15.1 Å². The van der Waals surface area contributed by atoms with E-state index in [0.717, 1.165) is 19.4 Å². The lowest BCUT2D eigenvalue weighted by Gasteiger charge is -2.16. The van der Waals surface area contributed by atoms with Gasteiger partial charge in [-0.15, -0.1) is 0 Å². The van der Waals surface area contributed by atoms with Crippen molar-refractivity contribution >= 4 is 11.3 Å². The summed E-state index contributed by atoms with van der Waals surface area (Å²) >= 11 is 1.77. The highest BCUT2D eigenvalue weighted by atomic mass is 32.1. The first-order chi connectivity index (χ1) is 9.19. The highest BCUT2D eigenvalue weighted by molar-refractivity contribution is 7.07. The van der Waals surface area contributed by atoms with Crippen LogP contribution in [0.1, 0.15) is 38.1 Å². The van der Waals surface area contributed by atoms with E-state index in [1.54, 1.807) is 11.3 Å². The van der Waals surface area contributed by atoms with Gasteiger partial charge in [-0.3, -0.25) is 4.68 Å². The van der Waals surface area contributed by atoms with Crippen LogP contribution < -0.4 is 5.32 Å². The van der Waals surface area contributed by atoms with E-state index in [0.29, 0.717) is 12.1 Å². The van der Waals surface area contributed by atoms with Gasteiger partial charge in [-0.25, -0.2) is 0 Å². The number of nitrogens with zero attached hydrogens (tertiary/aromatic N) is 2. The van der Waals surface area contributed by atoms with Crippen LogP contribution in [0.4, 0.5) is 0 Å². The molecule has 2 aromatic heterocycles. The molecule has 2 rings (SSSR count). The Balaban J connectivity index is 1.98. The maximum absolute atomic E-state index is 4.64. The SMILES string of the molecule is CCNC(Cc1ccsc1)Cc1ccn(C(C)C)n1. The summed E-state index contributed by atoms with van der Waals surface area (Å²) in [5, 5.41) is 12.6. The quantitative estimate of drug-likeness (QED) is 0.841. The van der Waals surface area contributed by atoms with Crippen LogP contribution >= 0.6 is 11.3 Å². The monoisotopic (exact) mass is 277 g/mol. The molecule has 0 aliphatic heterocycles. The Morgan fingerprint density at radius 2 is 2.16 bits per heavy atom. The highest BCUT2D eigenvalue weighted by Crippen LogP contribution is 2.12. The molecular formula is C15H23N3S. The Morgan fingerprint density at radius 3 is 2.74 bits per heavy atom. The number of rotatable bonds is 7. The van der Waals surface area contributed by atoms with E-state index in [9.17, 15) is 0 Å². The average molecular weight is 277 g/mol. The van der Waals surface area contributed by atoms with Crippen LogP contribution in [0.3, 0.4) is 0 Å². The van der Waals surface area contributed by atoms with Crippen LogP contribution in [-0.2, 0) is 12.8 Å². The molecule has 19 heavy (non-hydrogen) atoms. The number of nitrogens with one attached hydrogen (secondary N) is 1. The van der Waals surface area contributed by atoms with Crippen LogP contribution in [0.5, 0.6) is 0 Å². The Bertz CT molecular complexity index is 473.